The minimum absolute atomic E-state index is 0.163. The number of likely N-dealkylation sites (tertiary alicyclic amines) is 1. The highest BCUT2D eigenvalue weighted by molar-refractivity contribution is 6.07. The Bertz CT molecular complexity index is 980. The van der Waals surface area contributed by atoms with E-state index in [2.05, 4.69) is 9.88 Å². The van der Waals surface area contributed by atoms with Crippen LogP contribution in [0.15, 0.2) is 23.0 Å². The summed E-state index contributed by atoms with van der Waals surface area (Å²) in [5, 5.41) is 19.1. The molecule has 27 heavy (non-hydrogen) atoms. The molecule has 0 unspecified atom stereocenters. The number of nitrogen functional groups attached to an aromatic ring is 1. The Kier molecular flexibility index (Phi) is 4.95. The molecular weight excluding hydrogens is 357 g/mol. The summed E-state index contributed by atoms with van der Waals surface area (Å²) in [6, 6.07) is 3.60. The van der Waals surface area contributed by atoms with Crippen LogP contribution in [0.4, 0.5) is 10.2 Å². The van der Waals surface area contributed by atoms with Gasteiger partial charge in [-0.3, -0.25) is 9.69 Å². The zero-order valence-corrected chi connectivity index (χ0v) is 14.3. The summed E-state index contributed by atoms with van der Waals surface area (Å²) < 4.78 is 13.9. The van der Waals surface area contributed by atoms with Gasteiger partial charge < -0.3 is 20.9 Å². The van der Waals surface area contributed by atoms with Gasteiger partial charge in [-0.05, 0) is 49.2 Å². The summed E-state index contributed by atoms with van der Waals surface area (Å²) in [7, 11) is 0. The molecule has 142 valence electrons. The van der Waals surface area contributed by atoms with E-state index < -0.39 is 40.3 Å². The van der Waals surface area contributed by atoms with Gasteiger partial charge in [-0.2, -0.15) is 0 Å². The second-order valence-corrected chi connectivity index (χ2v) is 6.39. The van der Waals surface area contributed by atoms with Crippen LogP contribution < -0.4 is 11.3 Å². The molecule has 0 amide bonds. The van der Waals surface area contributed by atoms with Crippen molar-refractivity contribution in [2.24, 2.45) is 0 Å². The van der Waals surface area contributed by atoms with Gasteiger partial charge in [0.25, 0.3) is 5.56 Å². The SMILES string of the molecule is Nc1[nH]c(=O)c(C(=O)O)c(-c2ccc(F)cc2CN2CCCC2)c1C(=O)O. The molecule has 1 aliphatic rings. The lowest BCUT2D eigenvalue weighted by atomic mass is 9.91. The number of pyridine rings is 1. The normalized spacial score (nSPS) is 14.4. The molecule has 5 N–H and O–H groups in total. The molecule has 0 atom stereocenters. The van der Waals surface area contributed by atoms with E-state index in [0.29, 0.717) is 12.1 Å². The number of nitrogens with one attached hydrogen (secondary N) is 1. The highest BCUT2D eigenvalue weighted by Crippen LogP contribution is 2.33. The Balaban J connectivity index is 2.31. The fourth-order valence-electron chi connectivity index (χ4n) is 3.43. The molecule has 2 aromatic rings. The molecule has 1 saturated heterocycles. The van der Waals surface area contributed by atoms with E-state index in [-0.39, 0.29) is 11.1 Å². The number of nitrogens with zero attached hydrogens (tertiary/aromatic N) is 1. The molecule has 3 rings (SSSR count). The van der Waals surface area contributed by atoms with Gasteiger partial charge in [-0.1, -0.05) is 6.07 Å². The monoisotopic (exact) mass is 375 g/mol. The molecule has 2 heterocycles. The lowest BCUT2D eigenvalue weighted by Gasteiger charge is -2.20. The summed E-state index contributed by atoms with van der Waals surface area (Å²) in [4.78, 5) is 39.7. The smallest absolute Gasteiger partial charge is 0.342 e. The lowest BCUT2D eigenvalue weighted by Crippen LogP contribution is -2.25. The van der Waals surface area contributed by atoms with Crippen molar-refractivity contribution in [2.75, 3.05) is 18.8 Å². The molecule has 1 aromatic carbocycles. The molecule has 1 aliphatic heterocycles. The first-order valence-electron chi connectivity index (χ1n) is 8.33. The predicted octanol–water partition coefficient (Wildman–Crippen LogP) is 1.76. The first-order valence-corrected chi connectivity index (χ1v) is 8.33. The van der Waals surface area contributed by atoms with Crippen LogP contribution in [-0.2, 0) is 6.54 Å². The van der Waals surface area contributed by atoms with Crippen molar-refractivity contribution in [3.63, 3.8) is 0 Å². The second-order valence-electron chi connectivity index (χ2n) is 6.39. The molecule has 0 spiro atoms. The van der Waals surface area contributed by atoms with Crippen LogP contribution in [-0.4, -0.2) is 45.1 Å². The Morgan fingerprint density at radius 1 is 1.15 bits per heavy atom. The summed E-state index contributed by atoms with van der Waals surface area (Å²) in [6.07, 6.45) is 1.98. The van der Waals surface area contributed by atoms with Gasteiger partial charge in [0.05, 0.1) is 0 Å². The predicted molar refractivity (Wildman–Crippen MR) is 95.3 cm³/mol. The number of aromatic nitrogens is 1. The highest BCUT2D eigenvalue weighted by atomic mass is 19.1. The van der Waals surface area contributed by atoms with Crippen LogP contribution in [0.5, 0.6) is 0 Å². The summed E-state index contributed by atoms with van der Waals surface area (Å²) in [5.74, 6) is -4.08. The van der Waals surface area contributed by atoms with Crippen molar-refractivity contribution in [1.82, 2.24) is 9.88 Å². The Morgan fingerprint density at radius 2 is 1.78 bits per heavy atom. The number of carboxylic acids is 2. The second kappa shape index (κ2) is 7.20. The number of carboxylic acid groups (broad SMARTS) is 2. The number of hydrogen-bond acceptors (Lipinski definition) is 5. The third-order valence-electron chi connectivity index (χ3n) is 4.60. The average molecular weight is 375 g/mol. The molecule has 1 aromatic heterocycles. The van der Waals surface area contributed by atoms with E-state index >= 15 is 0 Å². The summed E-state index contributed by atoms with van der Waals surface area (Å²) in [5.41, 5.74) is 3.62. The minimum Gasteiger partial charge on any atom is -0.478 e. The zero-order chi connectivity index (χ0) is 19.7. The van der Waals surface area contributed by atoms with E-state index in [0.717, 1.165) is 32.0 Å². The molecule has 8 nitrogen and oxygen atoms in total. The first-order chi connectivity index (χ1) is 12.8. The van der Waals surface area contributed by atoms with Crippen molar-refractivity contribution >= 4 is 17.8 Å². The molecule has 9 heteroatoms. The van der Waals surface area contributed by atoms with E-state index in [1.807, 2.05) is 0 Å². The number of benzene rings is 1. The van der Waals surface area contributed by atoms with Crippen molar-refractivity contribution < 1.29 is 24.2 Å². The fourth-order valence-corrected chi connectivity index (χ4v) is 3.43. The van der Waals surface area contributed by atoms with Gasteiger partial charge in [0.15, 0.2) is 0 Å². The van der Waals surface area contributed by atoms with Gasteiger partial charge in [0.2, 0.25) is 0 Å². The lowest BCUT2D eigenvalue weighted by molar-refractivity contribution is 0.0695. The maximum Gasteiger partial charge on any atom is 0.342 e. The van der Waals surface area contributed by atoms with Crippen LogP contribution in [0, 0.1) is 5.82 Å². The number of anilines is 1. The van der Waals surface area contributed by atoms with Gasteiger partial charge in [0, 0.05) is 12.1 Å². The summed E-state index contributed by atoms with van der Waals surface area (Å²) >= 11 is 0. The van der Waals surface area contributed by atoms with E-state index in [4.69, 9.17) is 5.73 Å². The van der Waals surface area contributed by atoms with Gasteiger partial charge >= 0.3 is 11.9 Å². The number of rotatable bonds is 5. The van der Waals surface area contributed by atoms with E-state index in [9.17, 15) is 29.0 Å². The van der Waals surface area contributed by atoms with Gasteiger partial charge in [-0.25, -0.2) is 14.0 Å². The quantitative estimate of drug-likeness (QED) is 0.625. The molecule has 0 bridgehead atoms. The number of H-pyrrole nitrogens is 1. The van der Waals surface area contributed by atoms with Gasteiger partial charge in [-0.15, -0.1) is 0 Å². The largest absolute Gasteiger partial charge is 0.478 e. The number of nitrogens with two attached hydrogens (primary N) is 1. The van der Waals surface area contributed by atoms with Crippen molar-refractivity contribution in [2.45, 2.75) is 19.4 Å². The molecule has 0 saturated carbocycles. The van der Waals surface area contributed by atoms with Crippen molar-refractivity contribution in [3.8, 4) is 11.1 Å². The third-order valence-corrected chi connectivity index (χ3v) is 4.60. The van der Waals surface area contributed by atoms with Crippen molar-refractivity contribution in [3.05, 3.63) is 51.1 Å². The maximum atomic E-state index is 13.9. The van der Waals surface area contributed by atoms with Crippen LogP contribution in [0.1, 0.15) is 39.1 Å². The minimum atomic E-state index is -1.59. The number of aromatic carboxylic acids is 2. The standard InChI is InChI=1S/C18H18FN3O5/c19-10-3-4-11(9(7-10)8-22-5-1-2-6-22)12-13(17(24)25)15(20)21-16(23)14(12)18(26)27/h3-4,7H,1-2,5-6,8H2,(H,24,25)(H,26,27)(H3,20,21,23). The Morgan fingerprint density at radius 3 is 2.37 bits per heavy atom. The van der Waals surface area contributed by atoms with Gasteiger partial charge in [0.1, 0.15) is 22.8 Å². The Hall–Kier alpha value is -3.20. The Labute approximate surface area is 153 Å². The highest BCUT2D eigenvalue weighted by Gasteiger charge is 2.28. The summed E-state index contributed by atoms with van der Waals surface area (Å²) in [6.45, 7) is 1.90. The van der Waals surface area contributed by atoms with Crippen LogP contribution in [0.3, 0.4) is 0 Å². The van der Waals surface area contributed by atoms with Crippen LogP contribution in [0.25, 0.3) is 11.1 Å². The number of hydrogen-bond donors (Lipinski definition) is 4. The fraction of sp³-hybridized carbons (Fsp3) is 0.278. The average Bonchev–Trinajstić information content (AvgIpc) is 3.06. The van der Waals surface area contributed by atoms with Crippen LogP contribution in [0.2, 0.25) is 0 Å². The third kappa shape index (κ3) is 3.54. The molecule has 0 aliphatic carbocycles. The number of carbonyl (C=O) groups is 2. The van der Waals surface area contributed by atoms with Crippen LogP contribution >= 0.6 is 0 Å². The number of halogens is 1. The molecule has 0 radical (unpaired) electrons. The van der Waals surface area contributed by atoms with E-state index in [1.54, 1.807) is 0 Å². The first kappa shape index (κ1) is 18.6. The topological polar surface area (TPSA) is 137 Å². The van der Waals surface area contributed by atoms with Crippen molar-refractivity contribution in [1.29, 1.82) is 0 Å². The zero-order valence-electron chi connectivity index (χ0n) is 14.3. The molecular formula is C18H18FN3O5. The molecule has 1 fully saturated rings. The maximum absolute atomic E-state index is 13.9. The number of aromatic amines is 1. The van der Waals surface area contributed by atoms with E-state index in [1.165, 1.54) is 12.1 Å².